The summed E-state index contributed by atoms with van der Waals surface area (Å²) in [5, 5.41) is 9.40. The van der Waals surface area contributed by atoms with Crippen LogP contribution in [0.5, 0.6) is 0 Å². The van der Waals surface area contributed by atoms with Gasteiger partial charge in [0.25, 0.3) is 0 Å². The first-order valence-electron chi connectivity index (χ1n) is 8.81. The number of halogens is 3. The van der Waals surface area contributed by atoms with E-state index in [9.17, 15) is 23.2 Å². The van der Waals surface area contributed by atoms with Crippen LogP contribution in [0.2, 0.25) is 0 Å². The molecule has 2 unspecified atom stereocenters. The molecule has 1 saturated heterocycles. The summed E-state index contributed by atoms with van der Waals surface area (Å²) in [4.78, 5) is 18.2. The van der Waals surface area contributed by atoms with E-state index in [0.29, 0.717) is 4.88 Å². The maximum atomic E-state index is 13.8. The average Bonchev–Trinajstić information content (AvgIpc) is 3.10. The second-order valence-corrected chi connectivity index (χ2v) is 8.84. The summed E-state index contributed by atoms with van der Waals surface area (Å²) < 4.78 is 52.6. The summed E-state index contributed by atoms with van der Waals surface area (Å²) in [6.45, 7) is 5.17. The van der Waals surface area contributed by atoms with Crippen molar-refractivity contribution in [3.8, 4) is 6.07 Å². The number of hydrogen-bond acceptors (Lipinski definition) is 6. The van der Waals surface area contributed by atoms with Crippen LogP contribution < -0.4 is 0 Å². The third kappa shape index (κ3) is 3.89. The van der Waals surface area contributed by atoms with Crippen LogP contribution in [-0.2, 0) is 15.1 Å². The van der Waals surface area contributed by atoms with Crippen molar-refractivity contribution in [2.75, 3.05) is 13.1 Å². The third-order valence-corrected chi connectivity index (χ3v) is 5.60. The molecule has 1 aromatic rings. The zero-order valence-electron chi connectivity index (χ0n) is 16.1. The van der Waals surface area contributed by atoms with Crippen LogP contribution in [0, 0.1) is 16.7 Å². The van der Waals surface area contributed by atoms with E-state index in [0.717, 1.165) is 6.08 Å². The van der Waals surface area contributed by atoms with E-state index in [1.165, 1.54) is 52.2 Å². The molecule has 0 bridgehead atoms. The number of alkyl halides is 3. The van der Waals surface area contributed by atoms with E-state index in [-0.39, 0.29) is 13.1 Å². The molecule has 2 aliphatic rings. The monoisotopic (exact) mass is 427 g/mol. The van der Waals surface area contributed by atoms with Gasteiger partial charge < -0.3 is 14.4 Å². The molecule has 10 heteroatoms. The van der Waals surface area contributed by atoms with E-state index in [1.807, 2.05) is 0 Å². The lowest BCUT2D eigenvalue weighted by atomic mass is 9.78. The fourth-order valence-electron chi connectivity index (χ4n) is 3.17. The Bertz CT molecular complexity index is 862. The largest absolute Gasteiger partial charge is 0.444 e. The van der Waals surface area contributed by atoms with Crippen molar-refractivity contribution in [2.45, 2.75) is 44.3 Å². The normalized spacial score (nSPS) is 26.0. The van der Waals surface area contributed by atoms with Gasteiger partial charge in [-0.15, -0.1) is 11.3 Å². The van der Waals surface area contributed by atoms with Gasteiger partial charge in [0.15, 0.2) is 0 Å². The number of allylic oxidation sites excluding steroid dienone is 2. The molecule has 1 aliphatic heterocycles. The molecule has 2 heterocycles. The van der Waals surface area contributed by atoms with E-state index in [4.69, 9.17) is 9.47 Å². The molecule has 3 rings (SSSR count). The number of aromatic nitrogens is 1. The number of rotatable bonds is 3. The standard InChI is InChI=1S/C19H20F3N3O3S/c1-16(2,3)28-15(26)25-10-18(11-25,14-8-24-12-29-14)27-13-6-4-5-7-17(13,9-23)19(20,21)22/h4-8,12-13H,10-11H2,1-3H3. The number of thiazole rings is 1. The van der Waals surface area contributed by atoms with E-state index in [2.05, 4.69) is 4.98 Å². The van der Waals surface area contributed by atoms with Crippen molar-refractivity contribution in [3.63, 3.8) is 0 Å². The fourth-order valence-corrected chi connectivity index (χ4v) is 3.92. The SMILES string of the molecule is CC(C)(C)OC(=O)N1CC(OC2C=CC=CC2(C#N)C(F)(F)F)(c2cncs2)C1. The van der Waals surface area contributed by atoms with Crippen molar-refractivity contribution in [2.24, 2.45) is 5.41 Å². The Labute approximate surface area is 170 Å². The molecule has 1 amide bonds. The second-order valence-electron chi connectivity index (χ2n) is 7.96. The highest BCUT2D eigenvalue weighted by atomic mass is 32.1. The van der Waals surface area contributed by atoms with Gasteiger partial charge in [0, 0.05) is 6.20 Å². The summed E-state index contributed by atoms with van der Waals surface area (Å²) in [5.74, 6) is 0. The lowest BCUT2D eigenvalue weighted by molar-refractivity contribution is -0.248. The predicted octanol–water partition coefficient (Wildman–Crippen LogP) is 4.17. The number of nitriles is 1. The van der Waals surface area contributed by atoms with E-state index < -0.39 is 35.0 Å². The maximum absolute atomic E-state index is 13.8. The van der Waals surface area contributed by atoms with Gasteiger partial charge in [0.1, 0.15) is 17.3 Å². The molecular formula is C19H20F3N3O3S. The highest BCUT2D eigenvalue weighted by molar-refractivity contribution is 7.09. The zero-order chi connectivity index (χ0) is 21.5. The fraction of sp³-hybridized carbons (Fsp3) is 0.526. The Hall–Kier alpha value is -2.38. The number of nitrogens with zero attached hydrogens (tertiary/aromatic N) is 3. The van der Waals surface area contributed by atoms with Gasteiger partial charge in [-0.1, -0.05) is 24.3 Å². The first-order chi connectivity index (χ1) is 13.4. The van der Waals surface area contributed by atoms with Gasteiger partial charge in [0.05, 0.1) is 29.5 Å². The summed E-state index contributed by atoms with van der Waals surface area (Å²) in [7, 11) is 0. The van der Waals surface area contributed by atoms with Gasteiger partial charge >= 0.3 is 12.3 Å². The minimum absolute atomic E-state index is 0.00245. The molecule has 0 radical (unpaired) electrons. The first kappa shape index (κ1) is 21.3. The minimum Gasteiger partial charge on any atom is -0.444 e. The van der Waals surface area contributed by atoms with Crippen LogP contribution in [0.15, 0.2) is 36.0 Å². The zero-order valence-corrected chi connectivity index (χ0v) is 16.9. The number of amides is 1. The minimum atomic E-state index is -4.84. The number of hydrogen-bond donors (Lipinski definition) is 0. The Morgan fingerprint density at radius 3 is 2.55 bits per heavy atom. The van der Waals surface area contributed by atoms with Gasteiger partial charge in [-0.3, -0.25) is 4.98 Å². The van der Waals surface area contributed by atoms with Crippen molar-refractivity contribution in [1.82, 2.24) is 9.88 Å². The highest BCUT2D eigenvalue weighted by Crippen LogP contribution is 2.49. The molecule has 1 aromatic heterocycles. The lowest BCUT2D eigenvalue weighted by Crippen LogP contribution is -2.65. The van der Waals surface area contributed by atoms with Crippen LogP contribution in [0.25, 0.3) is 0 Å². The Morgan fingerprint density at radius 2 is 2.03 bits per heavy atom. The van der Waals surface area contributed by atoms with Gasteiger partial charge in [-0.2, -0.15) is 18.4 Å². The molecule has 0 spiro atoms. The van der Waals surface area contributed by atoms with Gasteiger partial charge in [-0.25, -0.2) is 4.79 Å². The second kappa shape index (κ2) is 7.15. The third-order valence-electron chi connectivity index (χ3n) is 4.64. The number of carbonyl (C=O) groups excluding carboxylic acids is 1. The van der Waals surface area contributed by atoms with Crippen LogP contribution in [0.4, 0.5) is 18.0 Å². The van der Waals surface area contributed by atoms with Crippen LogP contribution >= 0.6 is 11.3 Å². The molecule has 156 valence electrons. The van der Waals surface area contributed by atoms with Crippen molar-refractivity contribution < 1.29 is 27.4 Å². The Kier molecular flexibility index (Phi) is 5.26. The first-order valence-corrected chi connectivity index (χ1v) is 9.69. The quantitative estimate of drug-likeness (QED) is 0.724. The predicted molar refractivity (Wildman–Crippen MR) is 98.9 cm³/mol. The van der Waals surface area contributed by atoms with E-state index >= 15 is 0 Å². The molecule has 29 heavy (non-hydrogen) atoms. The molecule has 1 fully saturated rings. The molecule has 1 aliphatic carbocycles. The Balaban J connectivity index is 1.87. The molecule has 6 nitrogen and oxygen atoms in total. The highest BCUT2D eigenvalue weighted by Gasteiger charge is 2.62. The van der Waals surface area contributed by atoms with Gasteiger partial charge in [0.2, 0.25) is 5.41 Å². The van der Waals surface area contributed by atoms with Crippen molar-refractivity contribution in [3.05, 3.63) is 40.9 Å². The number of ether oxygens (including phenoxy) is 2. The van der Waals surface area contributed by atoms with Gasteiger partial charge in [-0.05, 0) is 20.8 Å². The summed E-state index contributed by atoms with van der Waals surface area (Å²) in [5.41, 5.74) is -3.18. The van der Waals surface area contributed by atoms with Crippen molar-refractivity contribution >= 4 is 17.4 Å². The molecule has 0 N–H and O–H groups in total. The summed E-state index contributed by atoms with van der Waals surface area (Å²) >= 11 is 1.22. The summed E-state index contributed by atoms with van der Waals surface area (Å²) in [6.07, 6.45) is -0.862. The van der Waals surface area contributed by atoms with E-state index in [1.54, 1.807) is 20.8 Å². The molecular weight excluding hydrogens is 407 g/mol. The summed E-state index contributed by atoms with van der Waals surface area (Å²) in [6, 6.07) is 1.38. The van der Waals surface area contributed by atoms with Crippen LogP contribution in [-0.4, -0.2) is 46.9 Å². The maximum Gasteiger partial charge on any atom is 0.413 e. The molecule has 0 aromatic carbocycles. The topological polar surface area (TPSA) is 75.4 Å². The Morgan fingerprint density at radius 1 is 1.34 bits per heavy atom. The molecule has 2 atom stereocenters. The average molecular weight is 427 g/mol. The van der Waals surface area contributed by atoms with Crippen molar-refractivity contribution in [1.29, 1.82) is 5.26 Å². The van der Waals surface area contributed by atoms with Crippen LogP contribution in [0.3, 0.4) is 0 Å². The number of carbonyl (C=O) groups is 1. The smallest absolute Gasteiger partial charge is 0.413 e. The molecule has 0 saturated carbocycles. The van der Waals surface area contributed by atoms with Crippen LogP contribution in [0.1, 0.15) is 25.6 Å². The number of likely N-dealkylation sites (tertiary alicyclic amines) is 1. The lowest BCUT2D eigenvalue weighted by Gasteiger charge is -2.51.